The molecule has 5 heteroatoms. The summed E-state index contributed by atoms with van der Waals surface area (Å²) < 4.78 is 1.02. The van der Waals surface area contributed by atoms with Crippen LogP contribution in [0.3, 0.4) is 0 Å². The Hall–Kier alpha value is -2.14. The molecule has 0 unspecified atom stereocenters. The lowest BCUT2D eigenvalue weighted by atomic mass is 10.1. The van der Waals surface area contributed by atoms with Gasteiger partial charge < -0.3 is 10.2 Å². The van der Waals surface area contributed by atoms with Crippen LogP contribution in [0.4, 0.5) is 11.4 Å². The van der Waals surface area contributed by atoms with E-state index in [2.05, 4.69) is 27.3 Å². The van der Waals surface area contributed by atoms with E-state index in [-0.39, 0.29) is 24.2 Å². The van der Waals surface area contributed by atoms with Crippen LogP contribution in [0.1, 0.15) is 28.7 Å². The zero-order valence-corrected chi connectivity index (χ0v) is 17.1. The molecule has 26 heavy (non-hydrogen) atoms. The molecule has 1 saturated heterocycles. The van der Waals surface area contributed by atoms with Crippen molar-refractivity contribution in [2.45, 2.75) is 34.1 Å². The van der Waals surface area contributed by atoms with Gasteiger partial charge in [0.1, 0.15) is 0 Å². The molecule has 0 aliphatic carbocycles. The third-order valence-electron chi connectivity index (χ3n) is 4.78. The molecule has 4 nitrogen and oxygen atoms in total. The first-order valence-corrected chi connectivity index (χ1v) is 9.50. The summed E-state index contributed by atoms with van der Waals surface area (Å²) in [7, 11) is 0. The monoisotopic (exact) mass is 414 g/mol. The molecule has 1 aliphatic heterocycles. The van der Waals surface area contributed by atoms with Crippen molar-refractivity contribution in [1.82, 2.24) is 0 Å². The highest BCUT2D eigenvalue weighted by atomic mass is 79.9. The number of nitrogens with zero attached hydrogens (tertiary/aromatic N) is 1. The Morgan fingerprint density at radius 2 is 1.69 bits per heavy atom. The first-order chi connectivity index (χ1) is 12.2. The van der Waals surface area contributed by atoms with Crippen molar-refractivity contribution in [3.8, 4) is 0 Å². The van der Waals surface area contributed by atoms with Crippen molar-refractivity contribution in [2.24, 2.45) is 5.92 Å². The highest BCUT2D eigenvalue weighted by Crippen LogP contribution is 2.29. The second-order valence-corrected chi connectivity index (χ2v) is 8.01. The van der Waals surface area contributed by atoms with Crippen LogP contribution in [-0.4, -0.2) is 18.4 Å². The molecule has 2 amide bonds. The number of anilines is 2. The second-order valence-electron chi connectivity index (χ2n) is 7.16. The lowest BCUT2D eigenvalue weighted by Gasteiger charge is -2.18. The lowest BCUT2D eigenvalue weighted by molar-refractivity contribution is -0.122. The molecule has 1 fully saturated rings. The smallest absolute Gasteiger partial charge is 0.229 e. The number of carbonyl (C=O) groups excluding carboxylic acids is 2. The topological polar surface area (TPSA) is 49.4 Å². The second kappa shape index (κ2) is 7.23. The Bertz CT molecular complexity index is 872. The summed E-state index contributed by atoms with van der Waals surface area (Å²) in [5.74, 6) is -0.444. The summed E-state index contributed by atoms with van der Waals surface area (Å²) in [6, 6.07) is 10.0. The summed E-state index contributed by atoms with van der Waals surface area (Å²) in [6.07, 6.45) is 0.243. The first kappa shape index (κ1) is 18.6. The first-order valence-electron chi connectivity index (χ1n) is 8.71. The zero-order chi connectivity index (χ0) is 19.0. The van der Waals surface area contributed by atoms with Gasteiger partial charge in [0, 0.05) is 28.8 Å². The zero-order valence-electron chi connectivity index (χ0n) is 15.5. The molecule has 136 valence electrons. The third-order valence-corrected chi connectivity index (χ3v) is 5.63. The number of nitrogens with one attached hydrogen (secondary N) is 1. The number of aryl methyl sites for hydroxylation is 4. The fourth-order valence-electron chi connectivity index (χ4n) is 3.39. The lowest BCUT2D eigenvalue weighted by Crippen LogP contribution is -2.28. The van der Waals surface area contributed by atoms with Gasteiger partial charge in [-0.2, -0.15) is 0 Å². The van der Waals surface area contributed by atoms with E-state index >= 15 is 0 Å². The van der Waals surface area contributed by atoms with Crippen LogP contribution in [-0.2, 0) is 9.59 Å². The van der Waals surface area contributed by atoms with Crippen LogP contribution in [0.2, 0.25) is 0 Å². The number of hydrogen-bond acceptors (Lipinski definition) is 2. The summed E-state index contributed by atoms with van der Waals surface area (Å²) >= 11 is 3.50. The van der Waals surface area contributed by atoms with Gasteiger partial charge in [0.05, 0.1) is 5.92 Å². The van der Waals surface area contributed by atoms with Crippen molar-refractivity contribution in [3.63, 3.8) is 0 Å². The Morgan fingerprint density at radius 3 is 2.35 bits per heavy atom. The van der Waals surface area contributed by atoms with Gasteiger partial charge in [0.25, 0.3) is 0 Å². The van der Waals surface area contributed by atoms with Crippen LogP contribution < -0.4 is 10.2 Å². The fourth-order valence-corrected chi connectivity index (χ4v) is 3.85. The predicted molar refractivity (Wildman–Crippen MR) is 109 cm³/mol. The van der Waals surface area contributed by atoms with E-state index in [0.717, 1.165) is 38.1 Å². The van der Waals surface area contributed by atoms with Crippen molar-refractivity contribution in [2.75, 3.05) is 16.8 Å². The number of halogens is 1. The largest absolute Gasteiger partial charge is 0.326 e. The number of benzene rings is 2. The predicted octanol–water partition coefficient (Wildman–Crippen LogP) is 4.67. The molecule has 0 spiro atoms. The minimum absolute atomic E-state index is 0.00106. The molecule has 3 rings (SSSR count). The minimum atomic E-state index is -0.341. The van der Waals surface area contributed by atoms with E-state index in [9.17, 15) is 9.59 Å². The van der Waals surface area contributed by atoms with Crippen molar-refractivity contribution in [3.05, 3.63) is 57.1 Å². The molecular formula is C21H23BrN2O2. The SMILES string of the molecule is Cc1cc(C)cc(N2C[C@@H](C(=O)Nc3cc(C)c(Br)cc3C)CC2=O)c1. The maximum Gasteiger partial charge on any atom is 0.229 e. The van der Waals surface area contributed by atoms with Gasteiger partial charge >= 0.3 is 0 Å². The van der Waals surface area contributed by atoms with Crippen LogP contribution in [0.5, 0.6) is 0 Å². The average Bonchev–Trinajstić information content (AvgIpc) is 2.93. The van der Waals surface area contributed by atoms with E-state index in [4.69, 9.17) is 0 Å². The van der Waals surface area contributed by atoms with Crippen molar-refractivity contribution in [1.29, 1.82) is 0 Å². The Kier molecular flexibility index (Phi) is 5.19. The van der Waals surface area contributed by atoms with Crippen molar-refractivity contribution < 1.29 is 9.59 Å². The van der Waals surface area contributed by atoms with Gasteiger partial charge in [-0.1, -0.05) is 22.0 Å². The van der Waals surface area contributed by atoms with Gasteiger partial charge in [-0.15, -0.1) is 0 Å². The average molecular weight is 415 g/mol. The molecule has 0 radical (unpaired) electrons. The number of rotatable bonds is 3. The Morgan fingerprint density at radius 1 is 1.04 bits per heavy atom. The molecular weight excluding hydrogens is 392 g/mol. The van der Waals surface area contributed by atoms with Crippen molar-refractivity contribution >= 4 is 39.1 Å². The summed E-state index contributed by atoms with van der Waals surface area (Å²) in [6.45, 7) is 8.39. The molecule has 1 N–H and O–H groups in total. The van der Waals surface area contributed by atoms with Crippen LogP contribution in [0, 0.1) is 33.6 Å². The molecule has 1 aliphatic rings. The molecule has 0 aromatic heterocycles. The molecule has 0 saturated carbocycles. The van der Waals surface area contributed by atoms with Gasteiger partial charge in [-0.3, -0.25) is 9.59 Å². The highest BCUT2D eigenvalue weighted by Gasteiger charge is 2.35. The van der Waals surface area contributed by atoms with Gasteiger partial charge in [-0.25, -0.2) is 0 Å². The molecule has 1 atom stereocenters. The Balaban J connectivity index is 1.76. The van der Waals surface area contributed by atoms with E-state index in [1.807, 2.05) is 52.0 Å². The summed E-state index contributed by atoms with van der Waals surface area (Å²) in [5, 5.41) is 3.00. The van der Waals surface area contributed by atoms with E-state index < -0.39 is 0 Å². The fraction of sp³-hybridized carbons (Fsp3) is 0.333. The van der Waals surface area contributed by atoms with E-state index in [1.54, 1.807) is 4.90 Å². The maximum absolute atomic E-state index is 12.7. The number of amides is 2. The summed E-state index contributed by atoms with van der Waals surface area (Å²) in [5.41, 5.74) is 5.95. The van der Waals surface area contributed by atoms with Crippen LogP contribution >= 0.6 is 15.9 Å². The van der Waals surface area contributed by atoms with Gasteiger partial charge in [-0.05, 0) is 74.2 Å². The number of hydrogen-bond donors (Lipinski definition) is 1. The van der Waals surface area contributed by atoms with E-state index in [0.29, 0.717) is 6.54 Å². The van der Waals surface area contributed by atoms with Crippen LogP contribution in [0.15, 0.2) is 34.8 Å². The molecule has 1 heterocycles. The number of carbonyl (C=O) groups is 2. The quantitative estimate of drug-likeness (QED) is 0.792. The normalized spacial score (nSPS) is 16.9. The Labute approximate surface area is 162 Å². The van der Waals surface area contributed by atoms with Gasteiger partial charge in [0.2, 0.25) is 11.8 Å². The third kappa shape index (κ3) is 3.83. The molecule has 2 aromatic carbocycles. The summed E-state index contributed by atoms with van der Waals surface area (Å²) in [4.78, 5) is 26.9. The minimum Gasteiger partial charge on any atom is -0.326 e. The van der Waals surface area contributed by atoms with E-state index in [1.165, 1.54) is 0 Å². The maximum atomic E-state index is 12.7. The standard InChI is InChI=1S/C21H23BrN2O2/c1-12-5-13(2)7-17(6-12)24-11-16(10-20(24)25)21(26)23-19-9-14(3)18(22)8-15(19)4/h5-9,16H,10-11H2,1-4H3,(H,23,26)/t16-/m0/s1. The highest BCUT2D eigenvalue weighted by molar-refractivity contribution is 9.10. The molecule has 0 bridgehead atoms. The molecule has 2 aromatic rings. The van der Waals surface area contributed by atoms with Gasteiger partial charge in [0.15, 0.2) is 0 Å². The van der Waals surface area contributed by atoms with Crippen LogP contribution in [0.25, 0.3) is 0 Å².